The molecule has 0 aliphatic rings. The number of rotatable bonds is 6. The Balaban J connectivity index is 2.48. The van der Waals surface area contributed by atoms with Crippen molar-refractivity contribution in [3.8, 4) is 0 Å². The van der Waals surface area contributed by atoms with Gasteiger partial charge in [-0.1, -0.05) is 26.0 Å². The lowest BCUT2D eigenvalue weighted by Crippen LogP contribution is -2.34. The maximum atomic E-state index is 13.0. The van der Waals surface area contributed by atoms with Gasteiger partial charge in [-0.15, -0.1) is 0 Å². The number of hydrogen-bond acceptors (Lipinski definition) is 2. The van der Waals surface area contributed by atoms with Gasteiger partial charge in [-0.2, -0.15) is 0 Å². The largest absolute Gasteiger partial charge is 0.388 e. The van der Waals surface area contributed by atoms with Crippen molar-refractivity contribution in [2.75, 3.05) is 13.6 Å². The minimum Gasteiger partial charge on any atom is -0.388 e. The molecule has 2 atom stereocenters. The zero-order valence-corrected chi connectivity index (χ0v) is 11.7. The van der Waals surface area contributed by atoms with E-state index in [9.17, 15) is 9.50 Å². The second-order valence-corrected chi connectivity index (χ2v) is 5.32. The molecule has 3 heteroatoms. The van der Waals surface area contributed by atoms with Gasteiger partial charge in [0.2, 0.25) is 0 Å². The van der Waals surface area contributed by atoms with Gasteiger partial charge in [0.05, 0.1) is 6.10 Å². The third kappa shape index (κ3) is 4.39. The van der Waals surface area contributed by atoms with Gasteiger partial charge in [0, 0.05) is 12.6 Å². The Hall–Kier alpha value is -0.930. The lowest BCUT2D eigenvalue weighted by atomic mass is 10.0. The van der Waals surface area contributed by atoms with Crippen molar-refractivity contribution >= 4 is 0 Å². The number of aliphatic hydroxyl groups is 1. The van der Waals surface area contributed by atoms with Crippen LogP contribution < -0.4 is 0 Å². The van der Waals surface area contributed by atoms with E-state index < -0.39 is 6.10 Å². The summed E-state index contributed by atoms with van der Waals surface area (Å²) in [6.45, 7) is 7.35. The van der Waals surface area contributed by atoms with Crippen LogP contribution in [0, 0.1) is 11.7 Å². The van der Waals surface area contributed by atoms with E-state index in [1.54, 1.807) is 12.1 Å². The molecule has 2 unspecified atom stereocenters. The highest BCUT2D eigenvalue weighted by molar-refractivity contribution is 5.18. The number of benzene rings is 1. The molecule has 0 saturated carbocycles. The van der Waals surface area contributed by atoms with Crippen molar-refractivity contribution in [2.24, 2.45) is 5.92 Å². The summed E-state index contributed by atoms with van der Waals surface area (Å²) in [7, 11) is 2.06. The Morgan fingerprint density at radius 2 is 1.94 bits per heavy atom. The second-order valence-electron chi connectivity index (χ2n) is 5.32. The van der Waals surface area contributed by atoms with E-state index in [0.717, 1.165) is 6.54 Å². The van der Waals surface area contributed by atoms with Gasteiger partial charge in [0.25, 0.3) is 0 Å². The molecule has 0 spiro atoms. The zero-order chi connectivity index (χ0) is 13.7. The third-order valence-electron chi connectivity index (χ3n) is 3.65. The smallest absolute Gasteiger partial charge is 0.123 e. The van der Waals surface area contributed by atoms with Crippen LogP contribution in [0.5, 0.6) is 0 Å². The Morgan fingerprint density at radius 1 is 1.28 bits per heavy atom. The normalized spacial score (nSPS) is 15.1. The minimum absolute atomic E-state index is 0.296. The first kappa shape index (κ1) is 15.1. The summed E-state index contributed by atoms with van der Waals surface area (Å²) in [5.74, 6) is 0.289. The maximum Gasteiger partial charge on any atom is 0.123 e. The molecule has 0 aliphatic carbocycles. The van der Waals surface area contributed by atoms with Crippen LogP contribution in [0.15, 0.2) is 24.3 Å². The van der Waals surface area contributed by atoms with Crippen LogP contribution >= 0.6 is 0 Å². The summed E-state index contributed by atoms with van der Waals surface area (Å²) in [6, 6.07) is 6.66. The average Bonchev–Trinajstić information content (AvgIpc) is 2.34. The number of halogens is 1. The first-order chi connectivity index (χ1) is 8.41. The monoisotopic (exact) mass is 253 g/mol. The molecule has 0 bridgehead atoms. The Bertz CT molecular complexity index is 367. The lowest BCUT2D eigenvalue weighted by Gasteiger charge is -2.28. The third-order valence-corrected chi connectivity index (χ3v) is 3.65. The Kier molecular flexibility index (Phi) is 5.76. The van der Waals surface area contributed by atoms with Crippen LogP contribution in [0.1, 0.15) is 38.9 Å². The first-order valence-corrected chi connectivity index (χ1v) is 6.55. The molecule has 0 aromatic heterocycles. The predicted octanol–water partition coefficient (Wildman–Crippen LogP) is 3.23. The Morgan fingerprint density at radius 3 is 2.50 bits per heavy atom. The summed E-state index contributed by atoms with van der Waals surface area (Å²) in [4.78, 5) is 2.23. The van der Waals surface area contributed by atoms with E-state index >= 15 is 0 Å². The van der Waals surface area contributed by atoms with E-state index in [1.165, 1.54) is 12.1 Å². The number of hydrogen-bond donors (Lipinski definition) is 1. The summed E-state index contributed by atoms with van der Waals surface area (Å²) in [5, 5.41) is 10.0. The molecule has 1 N–H and O–H groups in total. The summed E-state index contributed by atoms with van der Waals surface area (Å²) in [6.07, 6.45) is 0.0271. The van der Waals surface area contributed by atoms with Crippen LogP contribution in [-0.4, -0.2) is 29.6 Å². The van der Waals surface area contributed by atoms with Gasteiger partial charge in [-0.3, -0.25) is 0 Å². The van der Waals surface area contributed by atoms with Gasteiger partial charge < -0.3 is 10.0 Å². The fourth-order valence-electron chi connectivity index (χ4n) is 1.92. The van der Waals surface area contributed by atoms with Gasteiger partial charge >= 0.3 is 0 Å². The van der Waals surface area contributed by atoms with Gasteiger partial charge in [-0.25, -0.2) is 4.39 Å². The molecule has 18 heavy (non-hydrogen) atoms. The molecule has 102 valence electrons. The van der Waals surface area contributed by atoms with Crippen LogP contribution in [0.2, 0.25) is 0 Å². The predicted molar refractivity (Wildman–Crippen MR) is 72.9 cm³/mol. The van der Waals surface area contributed by atoms with Crippen LogP contribution in [0.4, 0.5) is 4.39 Å². The molecule has 0 aliphatic heterocycles. The number of aliphatic hydroxyl groups excluding tert-OH is 1. The van der Waals surface area contributed by atoms with Crippen LogP contribution in [-0.2, 0) is 0 Å². The molecular weight excluding hydrogens is 229 g/mol. The quantitative estimate of drug-likeness (QED) is 0.841. The van der Waals surface area contributed by atoms with Gasteiger partial charge in [-0.05, 0) is 44.0 Å². The minimum atomic E-state index is -0.595. The molecule has 0 amide bonds. The van der Waals surface area contributed by atoms with E-state index in [4.69, 9.17) is 0 Å². The average molecular weight is 253 g/mol. The molecule has 1 rings (SSSR count). The summed E-state index contributed by atoms with van der Waals surface area (Å²) < 4.78 is 13.0. The summed E-state index contributed by atoms with van der Waals surface area (Å²) >= 11 is 0. The maximum absolute atomic E-state index is 13.0. The zero-order valence-electron chi connectivity index (χ0n) is 11.7. The van der Waals surface area contributed by atoms with Gasteiger partial charge in [0.15, 0.2) is 0 Å². The van der Waals surface area contributed by atoms with Crippen LogP contribution in [0.3, 0.4) is 0 Å². The standard InChI is InChI=1S/C15H24FNO/c1-11(2)12(3)17(4)9-8-15(18)13-6-5-7-14(16)10-13/h5-7,10-12,15,18H,8-9H2,1-4H3. The molecule has 1 aromatic rings. The molecule has 0 heterocycles. The van der Waals surface area contributed by atoms with Crippen molar-refractivity contribution in [3.63, 3.8) is 0 Å². The highest BCUT2D eigenvalue weighted by Crippen LogP contribution is 2.18. The van der Waals surface area contributed by atoms with Crippen molar-refractivity contribution in [2.45, 2.75) is 39.3 Å². The molecule has 2 nitrogen and oxygen atoms in total. The van der Waals surface area contributed by atoms with E-state index in [-0.39, 0.29) is 5.82 Å². The van der Waals surface area contributed by atoms with Crippen molar-refractivity contribution in [1.29, 1.82) is 0 Å². The molecule has 0 radical (unpaired) electrons. The van der Waals surface area contributed by atoms with Crippen LogP contribution in [0.25, 0.3) is 0 Å². The molecule has 1 aromatic carbocycles. The molecule has 0 saturated heterocycles. The fraction of sp³-hybridized carbons (Fsp3) is 0.600. The summed E-state index contributed by atoms with van der Waals surface area (Å²) in [5.41, 5.74) is 0.653. The highest BCUT2D eigenvalue weighted by Gasteiger charge is 2.15. The topological polar surface area (TPSA) is 23.5 Å². The van der Waals surface area contributed by atoms with Crippen molar-refractivity contribution in [1.82, 2.24) is 4.90 Å². The number of nitrogens with zero attached hydrogens (tertiary/aromatic N) is 1. The Labute approximate surface area is 109 Å². The SMILES string of the molecule is CC(C)C(C)N(C)CCC(O)c1cccc(F)c1. The van der Waals surface area contributed by atoms with Crippen molar-refractivity contribution < 1.29 is 9.50 Å². The molecule has 0 fully saturated rings. The van der Waals surface area contributed by atoms with Crippen molar-refractivity contribution in [3.05, 3.63) is 35.6 Å². The molecular formula is C15H24FNO. The van der Waals surface area contributed by atoms with Gasteiger partial charge in [0.1, 0.15) is 5.82 Å². The first-order valence-electron chi connectivity index (χ1n) is 6.55. The second kappa shape index (κ2) is 6.86. The fourth-order valence-corrected chi connectivity index (χ4v) is 1.92. The van der Waals surface area contributed by atoms with E-state index in [0.29, 0.717) is 23.9 Å². The van der Waals surface area contributed by atoms with E-state index in [2.05, 4.69) is 32.7 Å². The lowest BCUT2D eigenvalue weighted by molar-refractivity contribution is 0.129. The van der Waals surface area contributed by atoms with E-state index in [1.807, 2.05) is 0 Å². The highest BCUT2D eigenvalue weighted by atomic mass is 19.1.